The molecule has 0 aliphatic rings. The molecular formula is C13H10BrF4NO. The maximum Gasteiger partial charge on any atom is 0.419 e. The van der Waals surface area contributed by atoms with Crippen molar-refractivity contribution in [3.05, 3.63) is 57.7 Å². The van der Waals surface area contributed by atoms with Crippen LogP contribution in [0.15, 0.2) is 39.4 Å². The molecule has 0 spiro atoms. The van der Waals surface area contributed by atoms with Crippen molar-refractivity contribution in [1.29, 1.82) is 0 Å². The quantitative estimate of drug-likeness (QED) is 0.823. The van der Waals surface area contributed by atoms with Crippen LogP contribution in [0.25, 0.3) is 0 Å². The summed E-state index contributed by atoms with van der Waals surface area (Å²) in [6, 6.07) is 3.94. The summed E-state index contributed by atoms with van der Waals surface area (Å²) in [6.45, 7) is 0. The highest BCUT2D eigenvalue weighted by Crippen LogP contribution is 2.36. The van der Waals surface area contributed by atoms with Crippen LogP contribution in [0.4, 0.5) is 17.6 Å². The average Bonchev–Trinajstić information content (AvgIpc) is 2.77. The maximum absolute atomic E-state index is 14.1. The molecule has 7 heteroatoms. The van der Waals surface area contributed by atoms with Gasteiger partial charge in [0.1, 0.15) is 11.6 Å². The number of hydrogen-bond acceptors (Lipinski definition) is 2. The monoisotopic (exact) mass is 351 g/mol. The van der Waals surface area contributed by atoms with Gasteiger partial charge in [-0.2, -0.15) is 13.2 Å². The highest BCUT2D eigenvalue weighted by atomic mass is 79.9. The Labute approximate surface area is 120 Å². The van der Waals surface area contributed by atoms with Crippen molar-refractivity contribution in [2.24, 2.45) is 0 Å². The second-order valence-corrected chi connectivity index (χ2v) is 4.92. The summed E-state index contributed by atoms with van der Waals surface area (Å²) in [7, 11) is 1.51. The predicted molar refractivity (Wildman–Crippen MR) is 68.7 cm³/mol. The summed E-state index contributed by atoms with van der Waals surface area (Å²) in [5.41, 5.74) is -1.42. The SMILES string of the molecule is CNC(c1cccc(C(F)(F)F)c1F)c1occc1Br. The molecule has 0 bridgehead atoms. The third-order valence-corrected chi connectivity index (χ3v) is 3.50. The number of benzene rings is 1. The van der Waals surface area contributed by atoms with E-state index in [4.69, 9.17) is 4.42 Å². The number of alkyl halides is 3. The zero-order valence-corrected chi connectivity index (χ0v) is 11.8. The molecule has 0 fully saturated rings. The van der Waals surface area contributed by atoms with E-state index in [9.17, 15) is 17.6 Å². The summed E-state index contributed by atoms with van der Waals surface area (Å²) in [4.78, 5) is 0. The molecule has 2 rings (SSSR count). The van der Waals surface area contributed by atoms with Crippen LogP contribution >= 0.6 is 15.9 Å². The molecule has 1 aromatic heterocycles. The van der Waals surface area contributed by atoms with E-state index in [-0.39, 0.29) is 5.56 Å². The van der Waals surface area contributed by atoms with Crippen molar-refractivity contribution in [1.82, 2.24) is 5.32 Å². The summed E-state index contributed by atoms with van der Waals surface area (Å²) in [6.07, 6.45) is -3.37. The van der Waals surface area contributed by atoms with Crippen LogP contribution in [0.5, 0.6) is 0 Å². The number of nitrogens with one attached hydrogen (secondary N) is 1. The van der Waals surface area contributed by atoms with Crippen LogP contribution in [0.2, 0.25) is 0 Å². The third-order valence-electron chi connectivity index (χ3n) is 2.84. The molecule has 0 saturated heterocycles. The average molecular weight is 352 g/mol. The molecule has 1 N–H and O–H groups in total. The van der Waals surface area contributed by atoms with Crippen LogP contribution in [-0.2, 0) is 6.18 Å². The van der Waals surface area contributed by atoms with Crippen molar-refractivity contribution in [2.45, 2.75) is 12.2 Å². The van der Waals surface area contributed by atoms with Gasteiger partial charge in [-0.1, -0.05) is 12.1 Å². The normalized spacial score (nSPS) is 13.5. The minimum Gasteiger partial charge on any atom is -0.466 e. The summed E-state index contributed by atoms with van der Waals surface area (Å²) < 4.78 is 58.0. The molecular weight excluding hydrogens is 342 g/mol. The first-order chi connectivity index (χ1) is 9.36. The van der Waals surface area contributed by atoms with Crippen molar-refractivity contribution >= 4 is 15.9 Å². The third kappa shape index (κ3) is 2.73. The summed E-state index contributed by atoms with van der Waals surface area (Å²) in [5.74, 6) is -0.992. The zero-order chi connectivity index (χ0) is 14.9. The van der Waals surface area contributed by atoms with E-state index in [1.807, 2.05) is 0 Å². The van der Waals surface area contributed by atoms with Gasteiger partial charge >= 0.3 is 6.18 Å². The number of halogens is 5. The lowest BCUT2D eigenvalue weighted by atomic mass is 10.0. The minimum absolute atomic E-state index is 0.127. The molecule has 1 aromatic carbocycles. The molecule has 1 atom stereocenters. The van der Waals surface area contributed by atoms with Crippen LogP contribution in [-0.4, -0.2) is 7.05 Å². The standard InChI is InChI=1S/C13H10BrF4NO/c1-19-11(12-9(14)5-6-20-12)7-3-2-4-8(10(7)15)13(16,17)18/h2-6,11,19H,1H3. The number of hydrogen-bond donors (Lipinski definition) is 1. The fourth-order valence-electron chi connectivity index (χ4n) is 1.93. The van der Waals surface area contributed by atoms with Gasteiger partial charge in [0.2, 0.25) is 0 Å². The van der Waals surface area contributed by atoms with E-state index in [2.05, 4.69) is 21.2 Å². The van der Waals surface area contributed by atoms with E-state index in [0.29, 0.717) is 16.3 Å². The zero-order valence-electron chi connectivity index (χ0n) is 10.3. The molecule has 0 amide bonds. The maximum atomic E-state index is 14.1. The number of furan rings is 1. The molecule has 0 aliphatic carbocycles. The fourth-order valence-corrected chi connectivity index (χ4v) is 2.36. The smallest absolute Gasteiger partial charge is 0.419 e. The second-order valence-electron chi connectivity index (χ2n) is 4.06. The summed E-state index contributed by atoms with van der Waals surface area (Å²) >= 11 is 3.21. The molecule has 2 nitrogen and oxygen atoms in total. The fraction of sp³-hybridized carbons (Fsp3) is 0.231. The van der Waals surface area contributed by atoms with Gasteiger partial charge in [-0.3, -0.25) is 0 Å². The van der Waals surface area contributed by atoms with Crippen LogP contribution < -0.4 is 5.32 Å². The Morgan fingerprint density at radius 2 is 1.95 bits per heavy atom. The van der Waals surface area contributed by atoms with Gasteiger partial charge in [-0.15, -0.1) is 0 Å². The topological polar surface area (TPSA) is 25.2 Å². The van der Waals surface area contributed by atoms with Crippen molar-refractivity contribution < 1.29 is 22.0 Å². The Hall–Kier alpha value is -1.34. The Kier molecular flexibility index (Phi) is 4.19. The first-order valence-corrected chi connectivity index (χ1v) is 6.41. The van der Waals surface area contributed by atoms with Crippen LogP contribution in [0.1, 0.15) is 22.9 Å². The lowest BCUT2D eigenvalue weighted by Gasteiger charge is -2.18. The first-order valence-electron chi connectivity index (χ1n) is 5.62. The van der Waals surface area contributed by atoms with Crippen LogP contribution in [0, 0.1) is 5.82 Å². The molecule has 0 aliphatic heterocycles. The van der Waals surface area contributed by atoms with E-state index in [1.165, 1.54) is 25.4 Å². The largest absolute Gasteiger partial charge is 0.466 e. The van der Waals surface area contributed by atoms with Gasteiger partial charge < -0.3 is 9.73 Å². The summed E-state index contributed by atoms with van der Waals surface area (Å²) in [5, 5.41) is 2.75. The van der Waals surface area contributed by atoms with Gasteiger partial charge in [-0.05, 0) is 35.1 Å². The van der Waals surface area contributed by atoms with Crippen molar-refractivity contribution in [2.75, 3.05) is 7.05 Å². The van der Waals surface area contributed by atoms with Gasteiger partial charge in [-0.25, -0.2) is 4.39 Å². The molecule has 0 saturated carbocycles. The molecule has 2 aromatic rings. The molecule has 0 radical (unpaired) electrons. The lowest BCUT2D eigenvalue weighted by Crippen LogP contribution is -2.20. The van der Waals surface area contributed by atoms with Gasteiger partial charge in [0.25, 0.3) is 0 Å². The van der Waals surface area contributed by atoms with Gasteiger partial charge in [0, 0.05) is 5.56 Å². The van der Waals surface area contributed by atoms with Crippen molar-refractivity contribution in [3.8, 4) is 0 Å². The predicted octanol–water partition coefficient (Wildman–Crippen LogP) is 4.51. The Bertz CT molecular complexity index is 609. The Morgan fingerprint density at radius 1 is 1.25 bits per heavy atom. The van der Waals surface area contributed by atoms with E-state index >= 15 is 0 Å². The number of rotatable bonds is 3. The lowest BCUT2D eigenvalue weighted by molar-refractivity contribution is -0.140. The van der Waals surface area contributed by atoms with Gasteiger partial charge in [0.05, 0.1) is 22.3 Å². The highest BCUT2D eigenvalue weighted by Gasteiger charge is 2.36. The van der Waals surface area contributed by atoms with Crippen molar-refractivity contribution in [3.63, 3.8) is 0 Å². The minimum atomic E-state index is -4.74. The van der Waals surface area contributed by atoms with Crippen LogP contribution in [0.3, 0.4) is 0 Å². The molecule has 20 heavy (non-hydrogen) atoms. The Balaban J connectivity index is 2.54. The van der Waals surface area contributed by atoms with E-state index in [0.717, 1.165) is 0 Å². The first kappa shape index (κ1) is 15.1. The highest BCUT2D eigenvalue weighted by molar-refractivity contribution is 9.10. The molecule has 1 unspecified atom stereocenters. The molecule has 1 heterocycles. The van der Waals surface area contributed by atoms with E-state index < -0.39 is 23.6 Å². The Morgan fingerprint density at radius 3 is 2.45 bits per heavy atom. The second kappa shape index (κ2) is 5.57. The molecule has 108 valence electrons. The van der Waals surface area contributed by atoms with Gasteiger partial charge in [0.15, 0.2) is 0 Å². The van der Waals surface area contributed by atoms with E-state index in [1.54, 1.807) is 6.07 Å².